The van der Waals surface area contributed by atoms with E-state index in [1.807, 2.05) is 45.0 Å². The van der Waals surface area contributed by atoms with Crippen LogP contribution in [0.4, 0.5) is 11.4 Å². The molecule has 0 bridgehead atoms. The van der Waals surface area contributed by atoms with Crippen molar-refractivity contribution in [3.8, 4) is 0 Å². The molecule has 2 aromatic rings. The number of halogens is 1. The van der Waals surface area contributed by atoms with Gasteiger partial charge in [0.15, 0.2) is 5.17 Å². The fourth-order valence-corrected chi connectivity index (χ4v) is 4.17. The maximum Gasteiger partial charge on any atom is 0.242 e. The molecule has 0 aromatic heterocycles. The van der Waals surface area contributed by atoms with E-state index in [9.17, 15) is 9.59 Å². The van der Waals surface area contributed by atoms with Crippen molar-refractivity contribution in [1.82, 2.24) is 4.90 Å². The zero-order chi connectivity index (χ0) is 20.4. The molecule has 3 rings (SSSR count). The highest BCUT2D eigenvalue weighted by Gasteiger charge is 2.37. The highest BCUT2D eigenvalue weighted by molar-refractivity contribution is 8.15. The van der Waals surface area contributed by atoms with E-state index in [0.717, 1.165) is 28.1 Å². The van der Waals surface area contributed by atoms with Gasteiger partial charge in [-0.3, -0.25) is 14.5 Å². The standard InChI is InChI=1S/C21H22ClN3O2S/c1-12-6-5-7-16(14(12)3)23-19(26)11-18-20(27)25(4)21(28-18)24-17-10-15(22)9-8-13(17)2/h5-10,18H,11H2,1-4H3,(H,23,26). The summed E-state index contributed by atoms with van der Waals surface area (Å²) in [4.78, 5) is 31.2. The van der Waals surface area contributed by atoms with Crippen molar-refractivity contribution in [1.29, 1.82) is 0 Å². The fourth-order valence-electron chi connectivity index (χ4n) is 2.86. The minimum Gasteiger partial charge on any atom is -0.326 e. The summed E-state index contributed by atoms with van der Waals surface area (Å²) < 4.78 is 0. The molecule has 1 heterocycles. The number of hydrogen-bond donors (Lipinski definition) is 1. The molecule has 1 N–H and O–H groups in total. The largest absolute Gasteiger partial charge is 0.326 e. The average molecular weight is 416 g/mol. The molecule has 2 aromatic carbocycles. The lowest BCUT2D eigenvalue weighted by atomic mass is 10.1. The summed E-state index contributed by atoms with van der Waals surface area (Å²) in [6.45, 7) is 5.90. The third kappa shape index (κ3) is 4.39. The molecule has 0 saturated carbocycles. The number of amidine groups is 1. The molecule has 2 amide bonds. The topological polar surface area (TPSA) is 61.8 Å². The van der Waals surface area contributed by atoms with Crippen LogP contribution >= 0.6 is 23.4 Å². The van der Waals surface area contributed by atoms with E-state index in [4.69, 9.17) is 11.6 Å². The molecule has 1 fully saturated rings. The molecule has 1 aliphatic heterocycles. The number of carbonyl (C=O) groups is 2. The minimum absolute atomic E-state index is 0.0920. The predicted molar refractivity (Wildman–Crippen MR) is 117 cm³/mol. The molecular weight excluding hydrogens is 394 g/mol. The highest BCUT2D eigenvalue weighted by Crippen LogP contribution is 2.32. The lowest BCUT2D eigenvalue weighted by Gasteiger charge is -2.12. The number of nitrogens with one attached hydrogen (secondary N) is 1. The van der Waals surface area contributed by atoms with Gasteiger partial charge < -0.3 is 5.32 Å². The van der Waals surface area contributed by atoms with E-state index in [0.29, 0.717) is 10.2 Å². The number of amides is 2. The van der Waals surface area contributed by atoms with Crippen molar-refractivity contribution in [3.05, 3.63) is 58.1 Å². The van der Waals surface area contributed by atoms with Crippen molar-refractivity contribution in [2.24, 2.45) is 4.99 Å². The number of hydrogen-bond acceptors (Lipinski definition) is 4. The summed E-state index contributed by atoms with van der Waals surface area (Å²) in [5.74, 6) is -0.312. The second-order valence-corrected chi connectivity index (χ2v) is 8.44. The van der Waals surface area contributed by atoms with E-state index in [1.165, 1.54) is 16.7 Å². The van der Waals surface area contributed by atoms with Crippen LogP contribution in [-0.2, 0) is 9.59 Å². The Bertz CT molecular complexity index is 974. The Hall–Kier alpha value is -2.31. The number of aryl methyl sites for hydroxylation is 2. The van der Waals surface area contributed by atoms with Gasteiger partial charge in [0.05, 0.1) is 5.69 Å². The molecule has 1 saturated heterocycles. The van der Waals surface area contributed by atoms with Crippen LogP contribution < -0.4 is 5.32 Å². The Morgan fingerprint density at radius 3 is 2.71 bits per heavy atom. The Labute approximate surface area is 174 Å². The number of benzene rings is 2. The smallest absolute Gasteiger partial charge is 0.242 e. The van der Waals surface area contributed by atoms with Crippen molar-refractivity contribution in [2.45, 2.75) is 32.4 Å². The lowest BCUT2D eigenvalue weighted by molar-refractivity contribution is -0.127. The predicted octanol–water partition coefficient (Wildman–Crippen LogP) is 4.86. The molecule has 7 heteroatoms. The van der Waals surface area contributed by atoms with Crippen LogP contribution in [0.25, 0.3) is 0 Å². The van der Waals surface area contributed by atoms with E-state index in [2.05, 4.69) is 10.3 Å². The molecule has 1 aliphatic rings. The van der Waals surface area contributed by atoms with Gasteiger partial charge in [0.1, 0.15) is 5.25 Å². The third-order valence-electron chi connectivity index (χ3n) is 4.78. The summed E-state index contributed by atoms with van der Waals surface area (Å²) in [7, 11) is 1.68. The van der Waals surface area contributed by atoms with Crippen molar-refractivity contribution in [3.63, 3.8) is 0 Å². The Morgan fingerprint density at radius 2 is 1.96 bits per heavy atom. The van der Waals surface area contributed by atoms with E-state index in [-0.39, 0.29) is 18.2 Å². The second kappa shape index (κ2) is 8.37. The van der Waals surface area contributed by atoms with Crippen LogP contribution in [0.15, 0.2) is 41.4 Å². The summed E-state index contributed by atoms with van der Waals surface area (Å²) in [6, 6.07) is 11.2. The molecular formula is C21H22ClN3O2S. The van der Waals surface area contributed by atoms with Crippen LogP contribution in [0.1, 0.15) is 23.1 Å². The van der Waals surface area contributed by atoms with Crippen LogP contribution in [0.3, 0.4) is 0 Å². The Kier molecular flexibility index (Phi) is 6.10. The molecule has 28 heavy (non-hydrogen) atoms. The number of anilines is 1. The van der Waals surface area contributed by atoms with Crippen molar-refractivity contribution in [2.75, 3.05) is 12.4 Å². The van der Waals surface area contributed by atoms with Gasteiger partial charge in [-0.2, -0.15) is 0 Å². The number of rotatable bonds is 4. The molecule has 1 atom stereocenters. The summed E-state index contributed by atoms with van der Waals surface area (Å²) in [6.07, 6.45) is 0.0920. The minimum atomic E-state index is -0.492. The number of nitrogens with zero attached hydrogens (tertiary/aromatic N) is 2. The van der Waals surface area contributed by atoms with Crippen LogP contribution in [-0.4, -0.2) is 34.2 Å². The Balaban J connectivity index is 1.73. The first-order valence-electron chi connectivity index (χ1n) is 8.91. The second-order valence-electron chi connectivity index (χ2n) is 6.83. The average Bonchev–Trinajstić information content (AvgIpc) is 2.90. The quantitative estimate of drug-likeness (QED) is 0.775. The Morgan fingerprint density at radius 1 is 1.21 bits per heavy atom. The van der Waals surface area contributed by atoms with Gasteiger partial charge in [-0.15, -0.1) is 0 Å². The normalized spacial score (nSPS) is 18.0. The monoisotopic (exact) mass is 415 g/mol. The first kappa shape index (κ1) is 20.4. The summed E-state index contributed by atoms with van der Waals surface area (Å²) in [5.41, 5.74) is 4.59. The van der Waals surface area contributed by atoms with Gasteiger partial charge >= 0.3 is 0 Å². The van der Waals surface area contributed by atoms with E-state index in [1.54, 1.807) is 19.2 Å². The first-order chi connectivity index (χ1) is 13.3. The van der Waals surface area contributed by atoms with E-state index >= 15 is 0 Å². The number of aliphatic imine (C=N–C) groups is 1. The maximum atomic E-state index is 12.6. The van der Waals surface area contributed by atoms with E-state index < -0.39 is 5.25 Å². The van der Waals surface area contributed by atoms with Gasteiger partial charge in [0.2, 0.25) is 11.8 Å². The molecule has 1 unspecified atom stereocenters. The summed E-state index contributed by atoms with van der Waals surface area (Å²) in [5, 5.41) is 3.58. The van der Waals surface area contributed by atoms with Crippen LogP contribution in [0.2, 0.25) is 5.02 Å². The first-order valence-corrected chi connectivity index (χ1v) is 10.2. The van der Waals surface area contributed by atoms with Gasteiger partial charge in [0, 0.05) is 24.2 Å². The van der Waals surface area contributed by atoms with Crippen molar-refractivity contribution < 1.29 is 9.59 Å². The number of carbonyl (C=O) groups excluding carboxylic acids is 2. The van der Waals surface area contributed by atoms with Crippen LogP contribution in [0, 0.1) is 20.8 Å². The van der Waals surface area contributed by atoms with Gasteiger partial charge in [-0.25, -0.2) is 4.99 Å². The summed E-state index contributed by atoms with van der Waals surface area (Å²) >= 11 is 7.36. The molecule has 0 radical (unpaired) electrons. The third-order valence-corrected chi connectivity index (χ3v) is 6.24. The SMILES string of the molecule is Cc1ccc(Cl)cc1N=C1SC(CC(=O)Nc2cccc(C)c2C)C(=O)N1C. The zero-order valence-corrected chi connectivity index (χ0v) is 17.8. The highest BCUT2D eigenvalue weighted by atomic mass is 35.5. The zero-order valence-electron chi connectivity index (χ0n) is 16.2. The van der Waals surface area contributed by atoms with Crippen molar-refractivity contribution >= 4 is 51.7 Å². The molecule has 5 nitrogen and oxygen atoms in total. The maximum absolute atomic E-state index is 12.6. The van der Waals surface area contributed by atoms with Gasteiger partial charge in [0.25, 0.3) is 0 Å². The molecule has 0 spiro atoms. The van der Waals surface area contributed by atoms with Gasteiger partial charge in [-0.1, -0.05) is 41.6 Å². The van der Waals surface area contributed by atoms with Crippen LogP contribution in [0.5, 0.6) is 0 Å². The lowest BCUT2D eigenvalue weighted by Crippen LogP contribution is -2.30. The van der Waals surface area contributed by atoms with Gasteiger partial charge in [-0.05, 0) is 55.7 Å². The number of thioether (sulfide) groups is 1. The molecule has 0 aliphatic carbocycles. The fraction of sp³-hybridized carbons (Fsp3) is 0.286. The molecule has 146 valence electrons.